The minimum atomic E-state index is -0.439. The van der Waals surface area contributed by atoms with Gasteiger partial charge >= 0.3 is 0 Å². The molecule has 1 aromatic carbocycles. The normalized spacial score (nSPS) is 31.2. The van der Waals surface area contributed by atoms with Crippen molar-refractivity contribution >= 4 is 6.08 Å². The molecule has 0 aromatic heterocycles. The van der Waals surface area contributed by atoms with E-state index in [0.29, 0.717) is 5.92 Å². The van der Waals surface area contributed by atoms with Crippen LogP contribution < -0.4 is 0 Å². The van der Waals surface area contributed by atoms with Crippen LogP contribution in [0.5, 0.6) is 0 Å². The lowest BCUT2D eigenvalue weighted by molar-refractivity contribution is 0.0655. The lowest BCUT2D eigenvalue weighted by Crippen LogP contribution is -2.18. The van der Waals surface area contributed by atoms with Gasteiger partial charge in [0.15, 0.2) is 0 Å². The van der Waals surface area contributed by atoms with Crippen LogP contribution in [0.15, 0.2) is 36.4 Å². The molecule has 1 aliphatic carbocycles. The van der Waals surface area contributed by atoms with Crippen molar-refractivity contribution in [3.05, 3.63) is 42.0 Å². The van der Waals surface area contributed by atoms with Crippen LogP contribution >= 0.6 is 0 Å². The molecule has 80 valence electrons. The first-order chi connectivity index (χ1) is 7.16. The number of allylic oxidation sites excluding steroid dienone is 1. The third-order valence-corrected chi connectivity index (χ3v) is 3.12. The van der Waals surface area contributed by atoms with Gasteiger partial charge in [0, 0.05) is 0 Å². The Bertz CT molecular complexity index is 338. The monoisotopic (exact) mass is 202 g/mol. The summed E-state index contributed by atoms with van der Waals surface area (Å²) in [4.78, 5) is 0. The zero-order valence-corrected chi connectivity index (χ0v) is 9.19. The van der Waals surface area contributed by atoms with Gasteiger partial charge in [-0.05, 0) is 37.7 Å². The Morgan fingerprint density at radius 3 is 2.67 bits per heavy atom. The smallest absolute Gasteiger partial charge is 0.0625 e. The zero-order valence-electron chi connectivity index (χ0n) is 9.19. The molecule has 2 rings (SSSR count). The van der Waals surface area contributed by atoms with Crippen LogP contribution in [-0.4, -0.2) is 10.7 Å². The van der Waals surface area contributed by atoms with Crippen molar-refractivity contribution in [3.63, 3.8) is 0 Å². The molecule has 0 saturated heterocycles. The predicted octanol–water partition coefficient (Wildman–Crippen LogP) is 3.25. The summed E-state index contributed by atoms with van der Waals surface area (Å²) in [5, 5.41) is 9.83. The molecule has 1 aliphatic rings. The van der Waals surface area contributed by atoms with E-state index in [1.165, 1.54) is 5.56 Å². The largest absolute Gasteiger partial charge is 0.390 e. The molecule has 0 spiro atoms. The van der Waals surface area contributed by atoms with Gasteiger partial charge in [-0.15, -0.1) is 0 Å². The van der Waals surface area contributed by atoms with Crippen molar-refractivity contribution in [2.45, 2.75) is 31.8 Å². The van der Waals surface area contributed by atoms with Gasteiger partial charge in [0.2, 0.25) is 0 Å². The quantitative estimate of drug-likeness (QED) is 0.780. The van der Waals surface area contributed by atoms with Crippen LogP contribution in [0.3, 0.4) is 0 Å². The van der Waals surface area contributed by atoms with Gasteiger partial charge in [-0.3, -0.25) is 0 Å². The van der Waals surface area contributed by atoms with E-state index in [-0.39, 0.29) is 0 Å². The van der Waals surface area contributed by atoms with Gasteiger partial charge in [0.25, 0.3) is 0 Å². The standard InChI is InChI=1S/C14H18O/c1-14(15)10-9-13(11-14)8-7-12-5-3-2-4-6-12/h2-8,13,15H,9-11H2,1H3/b8-7+. The van der Waals surface area contributed by atoms with Crippen molar-refractivity contribution in [2.24, 2.45) is 5.92 Å². The highest BCUT2D eigenvalue weighted by Crippen LogP contribution is 2.34. The molecule has 0 amide bonds. The van der Waals surface area contributed by atoms with Crippen LogP contribution in [-0.2, 0) is 0 Å². The summed E-state index contributed by atoms with van der Waals surface area (Å²) in [6.07, 6.45) is 7.33. The molecular formula is C14H18O. The van der Waals surface area contributed by atoms with Crippen LogP contribution in [0.25, 0.3) is 6.08 Å². The highest BCUT2D eigenvalue weighted by molar-refractivity contribution is 5.49. The molecule has 0 heterocycles. The second-order valence-electron chi connectivity index (χ2n) is 4.77. The Hall–Kier alpha value is -1.08. The van der Waals surface area contributed by atoms with Gasteiger partial charge in [0.05, 0.1) is 5.60 Å². The Balaban J connectivity index is 1.96. The van der Waals surface area contributed by atoms with Crippen LogP contribution in [0, 0.1) is 5.92 Å². The molecule has 1 saturated carbocycles. The Kier molecular flexibility index (Phi) is 2.92. The van der Waals surface area contributed by atoms with Crippen molar-refractivity contribution in [1.82, 2.24) is 0 Å². The fourth-order valence-electron chi connectivity index (χ4n) is 2.24. The van der Waals surface area contributed by atoms with Gasteiger partial charge in [-0.2, -0.15) is 0 Å². The number of benzene rings is 1. The minimum Gasteiger partial charge on any atom is -0.390 e. The Morgan fingerprint density at radius 1 is 1.33 bits per heavy atom. The molecule has 2 atom stereocenters. The van der Waals surface area contributed by atoms with E-state index >= 15 is 0 Å². The topological polar surface area (TPSA) is 20.2 Å². The molecular weight excluding hydrogens is 184 g/mol. The summed E-state index contributed by atoms with van der Waals surface area (Å²) in [5.74, 6) is 0.542. The summed E-state index contributed by atoms with van der Waals surface area (Å²) < 4.78 is 0. The maximum absolute atomic E-state index is 9.83. The van der Waals surface area contributed by atoms with Gasteiger partial charge < -0.3 is 5.11 Å². The predicted molar refractivity (Wildman–Crippen MR) is 63.4 cm³/mol. The first-order valence-electron chi connectivity index (χ1n) is 5.61. The van der Waals surface area contributed by atoms with Crippen molar-refractivity contribution in [2.75, 3.05) is 0 Å². The average molecular weight is 202 g/mol. The lowest BCUT2D eigenvalue weighted by Gasteiger charge is -2.14. The van der Waals surface area contributed by atoms with E-state index in [9.17, 15) is 5.11 Å². The van der Waals surface area contributed by atoms with Gasteiger partial charge in [-0.1, -0.05) is 42.5 Å². The second-order valence-corrected chi connectivity index (χ2v) is 4.77. The molecule has 0 bridgehead atoms. The fraction of sp³-hybridized carbons (Fsp3) is 0.429. The van der Waals surface area contributed by atoms with Crippen LogP contribution in [0.4, 0.5) is 0 Å². The molecule has 1 aromatic rings. The number of rotatable bonds is 2. The third-order valence-electron chi connectivity index (χ3n) is 3.12. The van der Waals surface area contributed by atoms with E-state index < -0.39 is 5.60 Å². The van der Waals surface area contributed by atoms with Gasteiger partial charge in [-0.25, -0.2) is 0 Å². The molecule has 1 heteroatoms. The molecule has 1 fully saturated rings. The summed E-state index contributed by atoms with van der Waals surface area (Å²) in [5.41, 5.74) is 0.801. The molecule has 1 nitrogen and oxygen atoms in total. The average Bonchev–Trinajstić information content (AvgIpc) is 2.57. The Labute approximate surface area is 91.4 Å². The van der Waals surface area contributed by atoms with E-state index in [1.54, 1.807) is 0 Å². The maximum atomic E-state index is 9.83. The van der Waals surface area contributed by atoms with Crippen molar-refractivity contribution in [1.29, 1.82) is 0 Å². The highest BCUT2D eigenvalue weighted by Gasteiger charge is 2.31. The maximum Gasteiger partial charge on any atom is 0.0625 e. The molecule has 2 unspecified atom stereocenters. The molecule has 0 radical (unpaired) electrons. The number of aliphatic hydroxyl groups is 1. The van der Waals surface area contributed by atoms with Crippen molar-refractivity contribution in [3.8, 4) is 0 Å². The first-order valence-corrected chi connectivity index (χ1v) is 5.61. The zero-order chi connectivity index (χ0) is 10.7. The molecule has 15 heavy (non-hydrogen) atoms. The number of hydrogen-bond donors (Lipinski definition) is 1. The molecule has 1 N–H and O–H groups in total. The highest BCUT2D eigenvalue weighted by atomic mass is 16.3. The second kappa shape index (κ2) is 4.19. The Morgan fingerprint density at radius 2 is 2.07 bits per heavy atom. The number of hydrogen-bond acceptors (Lipinski definition) is 1. The van der Waals surface area contributed by atoms with E-state index in [2.05, 4.69) is 24.3 Å². The van der Waals surface area contributed by atoms with E-state index in [1.807, 2.05) is 25.1 Å². The summed E-state index contributed by atoms with van der Waals surface area (Å²) >= 11 is 0. The van der Waals surface area contributed by atoms with E-state index in [0.717, 1.165) is 19.3 Å². The first kappa shape index (κ1) is 10.4. The van der Waals surface area contributed by atoms with E-state index in [4.69, 9.17) is 0 Å². The van der Waals surface area contributed by atoms with Crippen LogP contribution in [0.1, 0.15) is 31.7 Å². The van der Waals surface area contributed by atoms with Crippen molar-refractivity contribution < 1.29 is 5.11 Å². The molecule has 0 aliphatic heterocycles. The summed E-state index contributed by atoms with van der Waals surface area (Å²) in [7, 11) is 0. The summed E-state index contributed by atoms with van der Waals surface area (Å²) in [6, 6.07) is 10.3. The van der Waals surface area contributed by atoms with Crippen LogP contribution in [0.2, 0.25) is 0 Å². The SMILES string of the molecule is CC1(O)CCC(/C=C/c2ccccc2)C1. The summed E-state index contributed by atoms with van der Waals surface area (Å²) in [6.45, 7) is 1.93. The lowest BCUT2D eigenvalue weighted by atomic mass is 10.0. The fourth-order valence-corrected chi connectivity index (χ4v) is 2.24. The minimum absolute atomic E-state index is 0.439. The third kappa shape index (κ3) is 2.93. The van der Waals surface area contributed by atoms with Gasteiger partial charge in [0.1, 0.15) is 0 Å².